The average molecular weight is 298 g/mol. The topological polar surface area (TPSA) is 106 Å². The fourth-order valence-electron chi connectivity index (χ4n) is 2.54. The predicted octanol–water partition coefficient (Wildman–Crippen LogP) is -0.832. The Morgan fingerprint density at radius 1 is 1.19 bits per heavy atom. The number of hydrogen-bond donors (Lipinski definition) is 4. The number of aliphatic hydroxyl groups excluding tert-OH is 3. The van der Waals surface area contributed by atoms with Crippen molar-refractivity contribution >= 4 is 0 Å². The summed E-state index contributed by atoms with van der Waals surface area (Å²) in [6.45, 7) is 0.498. The smallest absolute Gasteiger partial charge is 0.223 e. The molecule has 0 amide bonds. The second-order valence-corrected chi connectivity index (χ2v) is 5.28. The number of pyridine rings is 1. The molecule has 1 saturated carbocycles. The van der Waals surface area contributed by atoms with Crippen molar-refractivity contribution in [1.82, 2.24) is 9.47 Å². The van der Waals surface area contributed by atoms with E-state index in [1.807, 2.05) is 4.57 Å². The monoisotopic (exact) mass is 298 g/mol. The van der Waals surface area contributed by atoms with E-state index in [2.05, 4.69) is 0 Å². The van der Waals surface area contributed by atoms with Crippen molar-refractivity contribution in [2.24, 2.45) is 0 Å². The summed E-state index contributed by atoms with van der Waals surface area (Å²) in [6, 6.07) is 1.46. The van der Waals surface area contributed by atoms with Crippen LogP contribution >= 0.6 is 0 Å². The van der Waals surface area contributed by atoms with Gasteiger partial charge in [-0.05, 0) is 12.8 Å². The number of rotatable bonds is 8. The maximum absolute atomic E-state index is 11.8. The van der Waals surface area contributed by atoms with Gasteiger partial charge in [-0.15, -0.1) is 0 Å². The molecule has 0 bridgehead atoms. The van der Waals surface area contributed by atoms with Gasteiger partial charge in [-0.25, -0.2) is 0 Å². The summed E-state index contributed by atoms with van der Waals surface area (Å²) in [4.78, 5) is 13.6. The third kappa shape index (κ3) is 3.62. The Kier molecular flexibility index (Phi) is 5.35. The molecule has 118 valence electrons. The largest absolute Gasteiger partial charge is 0.503 e. The van der Waals surface area contributed by atoms with Gasteiger partial charge in [0.1, 0.15) is 0 Å². The maximum Gasteiger partial charge on any atom is 0.223 e. The van der Waals surface area contributed by atoms with E-state index in [-0.39, 0.29) is 38.2 Å². The van der Waals surface area contributed by atoms with Gasteiger partial charge in [-0.2, -0.15) is 0 Å². The Morgan fingerprint density at radius 2 is 1.81 bits per heavy atom. The fraction of sp³-hybridized carbons (Fsp3) is 0.643. The minimum atomic E-state index is -0.515. The van der Waals surface area contributed by atoms with Crippen LogP contribution in [0.1, 0.15) is 30.3 Å². The fourth-order valence-corrected chi connectivity index (χ4v) is 2.54. The van der Waals surface area contributed by atoms with Gasteiger partial charge in [0.2, 0.25) is 5.43 Å². The van der Waals surface area contributed by atoms with Gasteiger partial charge in [0, 0.05) is 37.4 Å². The van der Waals surface area contributed by atoms with Gasteiger partial charge in [-0.1, -0.05) is 0 Å². The van der Waals surface area contributed by atoms with Crippen molar-refractivity contribution < 1.29 is 20.4 Å². The van der Waals surface area contributed by atoms with Crippen LogP contribution in [0.3, 0.4) is 0 Å². The molecule has 2 rings (SSSR count). The maximum atomic E-state index is 11.8. The molecule has 0 aliphatic heterocycles. The molecule has 4 N–H and O–H groups in total. The molecular weight excluding hydrogens is 276 g/mol. The Hall–Kier alpha value is -1.41. The molecule has 7 heteroatoms. The first-order valence-electron chi connectivity index (χ1n) is 7.13. The van der Waals surface area contributed by atoms with Crippen molar-refractivity contribution in [2.45, 2.75) is 32.0 Å². The SMILES string of the molecule is O=c1cc(CO)n(C2CC2)c(CN(CCO)CCO)c1O. The van der Waals surface area contributed by atoms with Gasteiger partial charge in [0.25, 0.3) is 0 Å². The van der Waals surface area contributed by atoms with Crippen LogP contribution in [0.5, 0.6) is 5.75 Å². The minimum Gasteiger partial charge on any atom is -0.503 e. The number of aromatic nitrogens is 1. The Bertz CT molecular complexity index is 533. The van der Waals surface area contributed by atoms with Gasteiger partial charge in [-0.3, -0.25) is 9.69 Å². The standard InChI is InChI=1S/C14H22N2O5/c17-5-3-15(4-6-18)8-12-14(21)13(20)7-11(9-19)16(12)10-1-2-10/h7,10,17-19,21H,1-6,8-9H2. The van der Waals surface area contributed by atoms with E-state index in [4.69, 9.17) is 10.2 Å². The molecule has 0 aromatic carbocycles. The zero-order chi connectivity index (χ0) is 15.4. The molecule has 21 heavy (non-hydrogen) atoms. The summed E-state index contributed by atoms with van der Waals surface area (Å²) in [5.74, 6) is -0.319. The highest BCUT2D eigenvalue weighted by atomic mass is 16.3. The van der Waals surface area contributed by atoms with Crippen molar-refractivity contribution in [2.75, 3.05) is 26.3 Å². The third-order valence-electron chi connectivity index (χ3n) is 3.68. The van der Waals surface area contributed by atoms with E-state index in [0.29, 0.717) is 24.5 Å². The number of aromatic hydroxyl groups is 1. The molecule has 1 heterocycles. The highest BCUT2D eigenvalue weighted by molar-refractivity contribution is 5.31. The van der Waals surface area contributed by atoms with Crippen LogP contribution < -0.4 is 5.43 Å². The molecule has 7 nitrogen and oxygen atoms in total. The van der Waals surface area contributed by atoms with Crippen LogP contribution in [0.25, 0.3) is 0 Å². The van der Waals surface area contributed by atoms with Gasteiger partial charge >= 0.3 is 0 Å². The third-order valence-corrected chi connectivity index (χ3v) is 3.68. The van der Waals surface area contributed by atoms with E-state index in [0.717, 1.165) is 12.8 Å². The van der Waals surface area contributed by atoms with Crippen LogP contribution in [0.2, 0.25) is 0 Å². The highest BCUT2D eigenvalue weighted by Gasteiger charge is 2.29. The normalized spacial score (nSPS) is 14.9. The van der Waals surface area contributed by atoms with Crippen molar-refractivity contribution in [3.8, 4) is 5.75 Å². The van der Waals surface area contributed by atoms with Crippen LogP contribution in [-0.4, -0.2) is 56.2 Å². The van der Waals surface area contributed by atoms with E-state index >= 15 is 0 Å². The molecule has 1 aliphatic rings. The first-order chi connectivity index (χ1) is 10.1. The second-order valence-electron chi connectivity index (χ2n) is 5.28. The predicted molar refractivity (Wildman–Crippen MR) is 76.0 cm³/mol. The highest BCUT2D eigenvalue weighted by Crippen LogP contribution is 2.38. The van der Waals surface area contributed by atoms with Crippen LogP contribution in [0.15, 0.2) is 10.9 Å². The van der Waals surface area contributed by atoms with E-state index in [1.165, 1.54) is 6.07 Å². The number of nitrogens with zero attached hydrogens (tertiary/aromatic N) is 2. The Balaban J connectivity index is 2.39. The summed E-state index contributed by atoms with van der Waals surface area (Å²) in [5.41, 5.74) is 0.415. The van der Waals surface area contributed by atoms with Crippen molar-refractivity contribution in [3.63, 3.8) is 0 Å². The summed E-state index contributed by atoms with van der Waals surface area (Å²) in [5, 5.41) is 37.7. The lowest BCUT2D eigenvalue weighted by Crippen LogP contribution is -2.32. The van der Waals surface area contributed by atoms with Gasteiger partial charge < -0.3 is 25.0 Å². The molecule has 1 aromatic heterocycles. The summed E-state index contributed by atoms with van der Waals surface area (Å²) >= 11 is 0. The first kappa shape index (κ1) is 16.0. The van der Waals surface area contributed by atoms with Crippen LogP contribution in [0.4, 0.5) is 0 Å². The Morgan fingerprint density at radius 3 is 2.29 bits per heavy atom. The van der Waals surface area contributed by atoms with Crippen LogP contribution in [-0.2, 0) is 13.2 Å². The second kappa shape index (κ2) is 7.04. The van der Waals surface area contributed by atoms with Gasteiger partial charge in [0.15, 0.2) is 5.75 Å². The zero-order valence-electron chi connectivity index (χ0n) is 11.9. The minimum absolute atomic E-state index is 0.0753. The number of hydrogen-bond acceptors (Lipinski definition) is 6. The van der Waals surface area contributed by atoms with Crippen LogP contribution in [0, 0.1) is 0 Å². The van der Waals surface area contributed by atoms with E-state index in [1.54, 1.807) is 4.90 Å². The molecule has 0 unspecified atom stereocenters. The summed E-state index contributed by atoms with van der Waals surface area (Å²) in [7, 11) is 0. The van der Waals surface area contributed by atoms with E-state index in [9.17, 15) is 15.0 Å². The lowest BCUT2D eigenvalue weighted by atomic mass is 10.2. The van der Waals surface area contributed by atoms with Crippen molar-refractivity contribution in [1.29, 1.82) is 0 Å². The molecule has 0 spiro atoms. The molecule has 0 atom stereocenters. The summed E-state index contributed by atoms with van der Waals surface area (Å²) < 4.78 is 1.82. The lowest BCUT2D eigenvalue weighted by Gasteiger charge is -2.25. The molecule has 1 aliphatic carbocycles. The lowest BCUT2D eigenvalue weighted by molar-refractivity contribution is 0.151. The zero-order valence-corrected chi connectivity index (χ0v) is 11.9. The first-order valence-corrected chi connectivity index (χ1v) is 7.13. The Labute approximate surface area is 122 Å². The molecule has 0 saturated heterocycles. The van der Waals surface area contributed by atoms with Crippen molar-refractivity contribution in [3.05, 3.63) is 27.7 Å². The van der Waals surface area contributed by atoms with E-state index < -0.39 is 5.43 Å². The number of aliphatic hydroxyl groups is 3. The average Bonchev–Trinajstić information content (AvgIpc) is 3.28. The molecule has 1 aromatic rings. The molecular formula is C14H22N2O5. The quantitative estimate of drug-likeness (QED) is 0.499. The summed E-state index contributed by atoms with van der Waals surface area (Å²) in [6.07, 6.45) is 1.89. The van der Waals surface area contributed by atoms with Gasteiger partial charge in [0.05, 0.1) is 25.5 Å². The molecule has 0 radical (unpaired) electrons. The molecule has 1 fully saturated rings.